The van der Waals surface area contributed by atoms with E-state index in [0.29, 0.717) is 27.5 Å². The summed E-state index contributed by atoms with van der Waals surface area (Å²) in [5, 5.41) is 12.5. The van der Waals surface area contributed by atoms with Crippen LogP contribution in [0.5, 0.6) is 5.75 Å². The van der Waals surface area contributed by atoms with Crippen LogP contribution in [-0.2, 0) is 10.5 Å². The molecule has 3 aromatic carbocycles. The van der Waals surface area contributed by atoms with Crippen molar-refractivity contribution >= 4 is 40.9 Å². The summed E-state index contributed by atoms with van der Waals surface area (Å²) in [5.41, 5.74) is 4.93. The van der Waals surface area contributed by atoms with E-state index >= 15 is 0 Å². The fourth-order valence-electron chi connectivity index (χ4n) is 4.24. The number of carbonyl (C=O) groups excluding carboxylic acids is 1. The Morgan fingerprint density at radius 2 is 1.81 bits per heavy atom. The Bertz CT molecular complexity index is 1480. The molecule has 0 fully saturated rings. The molecule has 1 aromatic heterocycles. The fraction of sp³-hybridized carbons (Fsp3) is 0.179. The average Bonchev–Trinajstić information content (AvgIpc) is 3.31. The van der Waals surface area contributed by atoms with Crippen molar-refractivity contribution in [2.45, 2.75) is 30.8 Å². The molecule has 2 heterocycles. The molecule has 1 aliphatic rings. The number of anilines is 2. The number of nitrogens with one attached hydrogen (secondary N) is 2. The Labute approximate surface area is 224 Å². The zero-order valence-electron chi connectivity index (χ0n) is 20.7. The van der Waals surface area contributed by atoms with Crippen molar-refractivity contribution in [3.05, 3.63) is 106 Å². The Hall–Kier alpha value is -3.75. The van der Waals surface area contributed by atoms with Crippen LogP contribution in [-0.4, -0.2) is 27.8 Å². The van der Waals surface area contributed by atoms with Crippen molar-refractivity contribution in [2.24, 2.45) is 0 Å². The van der Waals surface area contributed by atoms with E-state index in [-0.39, 0.29) is 5.91 Å². The maximum atomic E-state index is 13.7. The first kappa shape index (κ1) is 24.9. The van der Waals surface area contributed by atoms with Crippen molar-refractivity contribution in [1.82, 2.24) is 14.8 Å². The molecule has 1 atom stereocenters. The first-order chi connectivity index (χ1) is 17.9. The first-order valence-electron chi connectivity index (χ1n) is 11.8. The largest absolute Gasteiger partial charge is 0.497 e. The number of hydrogen-bond donors (Lipinski definition) is 2. The lowest BCUT2D eigenvalue weighted by Gasteiger charge is -2.29. The van der Waals surface area contributed by atoms with Crippen LogP contribution >= 0.6 is 23.4 Å². The SMILES string of the molecule is COc1ccc(C2C(C(=O)Nc3ccccc3C)=C(C)Nc3nc(SCc4ccccc4Cl)nn32)cc1. The molecule has 0 saturated heterocycles. The number of benzene rings is 3. The second-order valence-electron chi connectivity index (χ2n) is 8.65. The predicted molar refractivity (Wildman–Crippen MR) is 148 cm³/mol. The maximum absolute atomic E-state index is 13.7. The third kappa shape index (κ3) is 5.21. The van der Waals surface area contributed by atoms with Crippen molar-refractivity contribution in [3.8, 4) is 5.75 Å². The summed E-state index contributed by atoms with van der Waals surface area (Å²) in [6.07, 6.45) is 0. The summed E-state index contributed by atoms with van der Waals surface area (Å²) in [7, 11) is 1.63. The average molecular weight is 532 g/mol. The van der Waals surface area contributed by atoms with Gasteiger partial charge in [-0.25, -0.2) is 4.68 Å². The highest BCUT2D eigenvalue weighted by atomic mass is 35.5. The molecule has 0 aliphatic carbocycles. The topological polar surface area (TPSA) is 81.1 Å². The zero-order chi connectivity index (χ0) is 25.9. The number of aryl methyl sites for hydroxylation is 1. The smallest absolute Gasteiger partial charge is 0.255 e. The van der Waals surface area contributed by atoms with E-state index in [1.54, 1.807) is 11.8 Å². The molecule has 4 aromatic rings. The monoisotopic (exact) mass is 531 g/mol. The molecule has 7 nitrogen and oxygen atoms in total. The van der Waals surface area contributed by atoms with Gasteiger partial charge in [-0.1, -0.05) is 71.9 Å². The Balaban J connectivity index is 1.50. The van der Waals surface area contributed by atoms with Gasteiger partial charge in [-0.3, -0.25) is 4.79 Å². The molecule has 5 rings (SSSR count). The molecule has 1 aliphatic heterocycles. The minimum Gasteiger partial charge on any atom is -0.497 e. The minimum atomic E-state index is -0.478. The van der Waals surface area contributed by atoms with Gasteiger partial charge in [0.15, 0.2) is 0 Å². The first-order valence-corrected chi connectivity index (χ1v) is 13.1. The quantitative estimate of drug-likeness (QED) is 0.266. The molecule has 0 radical (unpaired) electrons. The molecular weight excluding hydrogens is 506 g/mol. The van der Waals surface area contributed by atoms with Gasteiger partial charge in [-0.15, -0.1) is 5.10 Å². The summed E-state index contributed by atoms with van der Waals surface area (Å²) < 4.78 is 7.12. The van der Waals surface area contributed by atoms with Crippen LogP contribution < -0.4 is 15.4 Å². The molecule has 0 spiro atoms. The third-order valence-electron chi connectivity index (χ3n) is 6.22. The zero-order valence-corrected chi connectivity index (χ0v) is 22.2. The highest BCUT2D eigenvalue weighted by molar-refractivity contribution is 7.98. The van der Waals surface area contributed by atoms with Crippen LogP contribution in [0.4, 0.5) is 11.6 Å². The third-order valence-corrected chi connectivity index (χ3v) is 7.47. The molecule has 37 heavy (non-hydrogen) atoms. The van der Waals surface area contributed by atoms with Crippen LogP contribution in [0, 0.1) is 6.92 Å². The summed E-state index contributed by atoms with van der Waals surface area (Å²) in [5.74, 6) is 1.74. The van der Waals surface area contributed by atoms with Crippen molar-refractivity contribution in [2.75, 3.05) is 17.7 Å². The molecule has 1 amide bonds. The lowest BCUT2D eigenvalue weighted by Crippen LogP contribution is -2.31. The van der Waals surface area contributed by atoms with Crippen LogP contribution in [0.1, 0.15) is 29.7 Å². The number of fused-ring (bicyclic) bond motifs is 1. The number of thioether (sulfide) groups is 1. The molecular formula is C28H26ClN5O2S. The standard InChI is InChI=1S/C28H26ClN5O2S/c1-17-8-4-7-11-23(17)31-26(35)24-18(2)30-27-32-28(37-16-20-9-5-6-10-22(20)29)33-34(27)25(24)19-12-14-21(36-3)15-13-19/h4-15,25H,16H2,1-3H3,(H,31,35)(H,30,32,33). The van der Waals surface area contributed by atoms with Gasteiger partial charge in [-0.2, -0.15) is 4.98 Å². The van der Waals surface area contributed by atoms with Gasteiger partial charge < -0.3 is 15.4 Å². The summed E-state index contributed by atoms with van der Waals surface area (Å²) in [6, 6.07) is 22.6. The highest BCUT2D eigenvalue weighted by Gasteiger charge is 2.34. The number of hydrogen-bond acceptors (Lipinski definition) is 6. The normalized spacial score (nSPS) is 14.6. The number of carbonyl (C=O) groups is 1. The number of aromatic nitrogens is 3. The Morgan fingerprint density at radius 1 is 1.08 bits per heavy atom. The van der Waals surface area contributed by atoms with E-state index in [0.717, 1.165) is 33.8 Å². The number of allylic oxidation sites excluding steroid dienone is 1. The van der Waals surface area contributed by atoms with Gasteiger partial charge in [0.05, 0.1) is 12.7 Å². The van der Waals surface area contributed by atoms with Crippen molar-refractivity contribution in [3.63, 3.8) is 0 Å². The lowest BCUT2D eigenvalue weighted by molar-refractivity contribution is -0.113. The van der Waals surface area contributed by atoms with Crippen LogP contribution in [0.3, 0.4) is 0 Å². The van der Waals surface area contributed by atoms with Crippen LogP contribution in [0.2, 0.25) is 5.02 Å². The molecule has 2 N–H and O–H groups in total. The second-order valence-corrected chi connectivity index (χ2v) is 10.0. The van der Waals surface area contributed by atoms with E-state index < -0.39 is 6.04 Å². The summed E-state index contributed by atoms with van der Waals surface area (Å²) in [6.45, 7) is 3.85. The van der Waals surface area contributed by atoms with Gasteiger partial charge in [-0.05, 0) is 54.8 Å². The molecule has 9 heteroatoms. The van der Waals surface area contributed by atoms with E-state index in [1.807, 2.05) is 86.6 Å². The van der Waals surface area contributed by atoms with Gasteiger partial charge in [0, 0.05) is 22.2 Å². The number of rotatable bonds is 7. The van der Waals surface area contributed by atoms with Gasteiger partial charge in [0.2, 0.25) is 11.1 Å². The highest BCUT2D eigenvalue weighted by Crippen LogP contribution is 2.38. The number of methoxy groups -OCH3 is 1. The van der Waals surface area contributed by atoms with Gasteiger partial charge in [0.25, 0.3) is 5.91 Å². The number of ether oxygens (including phenoxy) is 1. The van der Waals surface area contributed by atoms with E-state index in [2.05, 4.69) is 10.6 Å². The van der Waals surface area contributed by atoms with Gasteiger partial charge in [0.1, 0.15) is 11.8 Å². The molecule has 0 saturated carbocycles. The summed E-state index contributed by atoms with van der Waals surface area (Å²) in [4.78, 5) is 18.4. The van der Waals surface area contributed by atoms with E-state index in [1.165, 1.54) is 11.8 Å². The second kappa shape index (κ2) is 10.7. The van der Waals surface area contributed by atoms with Crippen molar-refractivity contribution < 1.29 is 9.53 Å². The number of halogens is 1. The Morgan fingerprint density at radius 3 is 2.54 bits per heavy atom. The molecule has 0 bridgehead atoms. The van der Waals surface area contributed by atoms with E-state index in [4.69, 9.17) is 26.4 Å². The molecule has 1 unspecified atom stereocenters. The van der Waals surface area contributed by atoms with Crippen molar-refractivity contribution in [1.29, 1.82) is 0 Å². The van der Waals surface area contributed by atoms with Crippen LogP contribution in [0.25, 0.3) is 0 Å². The number of para-hydroxylation sites is 1. The maximum Gasteiger partial charge on any atom is 0.255 e. The number of amides is 1. The number of nitrogens with zero attached hydrogens (tertiary/aromatic N) is 3. The van der Waals surface area contributed by atoms with Crippen LogP contribution in [0.15, 0.2) is 89.2 Å². The minimum absolute atomic E-state index is 0.202. The fourth-order valence-corrected chi connectivity index (χ4v) is 5.36. The molecule has 188 valence electrons. The predicted octanol–water partition coefficient (Wildman–Crippen LogP) is 6.47. The summed E-state index contributed by atoms with van der Waals surface area (Å²) >= 11 is 7.83. The Kier molecular flexibility index (Phi) is 7.21. The van der Waals surface area contributed by atoms with E-state index in [9.17, 15) is 4.79 Å². The van der Waals surface area contributed by atoms with Gasteiger partial charge >= 0.3 is 0 Å². The lowest BCUT2D eigenvalue weighted by atomic mass is 9.95.